The molecule has 2 aliphatic rings. The average molecular weight is 525 g/mol. The van der Waals surface area contributed by atoms with Gasteiger partial charge in [-0.2, -0.15) is 20.1 Å². The number of anilines is 6. The summed E-state index contributed by atoms with van der Waals surface area (Å²) < 4.78 is 6.57. The highest BCUT2D eigenvalue weighted by atomic mass is 32.3. The molecule has 0 spiro atoms. The van der Waals surface area contributed by atoms with Gasteiger partial charge < -0.3 is 4.42 Å². The molecule has 186 valence electrons. The largest absolute Gasteiger partial charge is 0.388 e. The van der Waals surface area contributed by atoms with Crippen LogP contribution in [0.5, 0.6) is 0 Å². The van der Waals surface area contributed by atoms with Crippen LogP contribution in [0.2, 0.25) is 0 Å². The van der Waals surface area contributed by atoms with Gasteiger partial charge in [0.05, 0.1) is 22.7 Å². The normalized spacial score (nSPS) is 18.2. The van der Waals surface area contributed by atoms with Crippen molar-refractivity contribution in [2.45, 2.75) is 19.6 Å². The molecular weight excluding hydrogens is 496 g/mol. The minimum absolute atomic E-state index is 0.469. The van der Waals surface area contributed by atoms with E-state index in [2.05, 4.69) is 142 Å². The van der Waals surface area contributed by atoms with Crippen LogP contribution in [0.1, 0.15) is 0 Å². The van der Waals surface area contributed by atoms with Crippen LogP contribution in [-0.4, -0.2) is 35.2 Å². The van der Waals surface area contributed by atoms with E-state index < -0.39 is 20.1 Å². The van der Waals surface area contributed by atoms with Crippen LogP contribution in [0.25, 0.3) is 0 Å². The Balaban J connectivity index is 1.42. The maximum absolute atomic E-state index is 6.57. The highest BCUT2D eigenvalue weighted by molar-refractivity contribution is 8.33. The van der Waals surface area contributed by atoms with Crippen LogP contribution in [0.4, 0.5) is 34.8 Å². The van der Waals surface area contributed by atoms with Crippen LogP contribution in [-0.2, 0) is 0 Å². The summed E-state index contributed by atoms with van der Waals surface area (Å²) in [6.07, 6.45) is 9.42. The Morgan fingerprint density at radius 2 is 0.730 bits per heavy atom. The van der Waals surface area contributed by atoms with Crippen molar-refractivity contribution in [1.29, 1.82) is 0 Å². The van der Waals surface area contributed by atoms with Crippen molar-refractivity contribution in [1.82, 2.24) is 10.2 Å². The molecule has 7 rings (SSSR count). The van der Waals surface area contributed by atoms with Gasteiger partial charge in [-0.3, -0.25) is 9.80 Å². The van der Waals surface area contributed by atoms with Gasteiger partial charge in [0.15, 0.2) is 0 Å². The van der Waals surface area contributed by atoms with Gasteiger partial charge in [-0.15, -0.1) is 0 Å². The number of nitrogens with zero attached hydrogens (tertiary/aromatic N) is 4. The Morgan fingerprint density at radius 3 is 1.03 bits per heavy atom. The Hall–Kier alpha value is -3.68. The van der Waals surface area contributed by atoms with E-state index in [-0.39, 0.29) is 0 Å². The fourth-order valence-corrected chi connectivity index (χ4v) is 10.5. The average Bonchev–Trinajstić information content (AvgIpc) is 3.38. The van der Waals surface area contributed by atoms with Crippen molar-refractivity contribution in [3.05, 3.63) is 97.1 Å². The van der Waals surface area contributed by atoms with Crippen molar-refractivity contribution >= 4 is 54.8 Å². The topological polar surface area (TPSA) is 45.4 Å². The third-order valence-corrected chi connectivity index (χ3v) is 13.2. The van der Waals surface area contributed by atoms with Crippen molar-refractivity contribution in [2.24, 2.45) is 0 Å². The van der Waals surface area contributed by atoms with Crippen molar-refractivity contribution in [3.63, 3.8) is 0 Å². The molecule has 5 nitrogen and oxygen atoms in total. The molecule has 0 fully saturated rings. The van der Waals surface area contributed by atoms with Crippen LogP contribution < -0.4 is 9.80 Å². The van der Waals surface area contributed by atoms with Crippen LogP contribution in [0.15, 0.2) is 121 Å². The summed E-state index contributed by atoms with van der Waals surface area (Å²) in [5, 5.41) is 9.25. The molecule has 0 N–H and O–H groups in total. The predicted molar refractivity (Wildman–Crippen MR) is 156 cm³/mol. The molecule has 7 heteroatoms. The van der Waals surface area contributed by atoms with Gasteiger partial charge in [0.1, 0.15) is 0 Å². The van der Waals surface area contributed by atoms with E-state index in [9.17, 15) is 0 Å². The van der Waals surface area contributed by atoms with Crippen molar-refractivity contribution in [3.8, 4) is 0 Å². The number of para-hydroxylation sites is 4. The molecule has 0 amide bonds. The number of rotatable bonds is 2. The number of hydrogen-bond donors (Lipinski definition) is 0. The maximum atomic E-state index is 6.57. The van der Waals surface area contributed by atoms with Crippen LogP contribution in [0, 0.1) is 0 Å². The standard InChI is InChI=1S/C30H28N4OS2/c1-36(2)25-17-9-5-13-21(25)33(22-14-6-10-18-26(22)36)29-31-32-30(35-29)34-23-15-7-11-19-27(23)37(3,4)28-20-12-8-16-24(28)34/h5-20H,1-4H3. The molecular formula is C30H28N4OS2. The lowest BCUT2D eigenvalue weighted by Gasteiger charge is -2.43. The summed E-state index contributed by atoms with van der Waals surface area (Å²) in [6.45, 7) is 0. The van der Waals surface area contributed by atoms with Gasteiger partial charge in [0, 0.05) is 19.6 Å². The first-order valence-corrected chi connectivity index (χ1v) is 17.1. The van der Waals surface area contributed by atoms with Gasteiger partial charge in [0.25, 0.3) is 0 Å². The Bertz CT molecular complexity index is 1460. The fraction of sp³-hybridized carbons (Fsp3) is 0.133. The molecule has 37 heavy (non-hydrogen) atoms. The molecule has 0 saturated heterocycles. The summed E-state index contributed by atoms with van der Waals surface area (Å²) in [7, 11) is -2.38. The molecule has 3 heterocycles. The van der Waals surface area contributed by atoms with Crippen molar-refractivity contribution < 1.29 is 4.42 Å². The lowest BCUT2D eigenvalue weighted by Crippen LogP contribution is -2.20. The second-order valence-electron chi connectivity index (χ2n) is 10.1. The van der Waals surface area contributed by atoms with Crippen molar-refractivity contribution in [2.75, 3.05) is 34.8 Å². The lowest BCUT2D eigenvalue weighted by molar-refractivity contribution is 0.565. The van der Waals surface area contributed by atoms with Gasteiger partial charge in [0.2, 0.25) is 0 Å². The molecule has 0 saturated carbocycles. The quantitative estimate of drug-likeness (QED) is 0.231. The summed E-state index contributed by atoms with van der Waals surface area (Å²) in [5.74, 6) is 0. The first-order chi connectivity index (χ1) is 17.9. The molecule has 2 aliphatic heterocycles. The summed E-state index contributed by atoms with van der Waals surface area (Å²) in [6, 6.07) is 35.2. The first kappa shape index (κ1) is 22.5. The third-order valence-electron chi connectivity index (χ3n) is 7.41. The van der Waals surface area contributed by atoms with E-state index in [1.807, 2.05) is 0 Å². The molecule has 0 unspecified atom stereocenters. The summed E-state index contributed by atoms with van der Waals surface area (Å²) in [5.41, 5.74) is 4.39. The molecule has 5 aromatic rings. The number of aromatic nitrogens is 2. The van der Waals surface area contributed by atoms with Crippen LogP contribution in [0.3, 0.4) is 0 Å². The van der Waals surface area contributed by atoms with Gasteiger partial charge in [-0.05, 0) is 73.6 Å². The van der Waals surface area contributed by atoms with E-state index in [0.717, 1.165) is 22.7 Å². The van der Waals surface area contributed by atoms with E-state index in [4.69, 9.17) is 4.42 Å². The van der Waals surface area contributed by atoms with Gasteiger partial charge >= 0.3 is 12.0 Å². The molecule has 0 atom stereocenters. The highest BCUT2D eigenvalue weighted by Crippen LogP contribution is 2.68. The summed E-state index contributed by atoms with van der Waals surface area (Å²) in [4.78, 5) is 9.49. The zero-order valence-electron chi connectivity index (χ0n) is 21.3. The monoisotopic (exact) mass is 524 g/mol. The van der Waals surface area contributed by atoms with E-state index in [1.165, 1.54) is 19.6 Å². The number of hydrogen-bond acceptors (Lipinski definition) is 5. The van der Waals surface area contributed by atoms with E-state index in [1.54, 1.807) is 0 Å². The predicted octanol–water partition coefficient (Wildman–Crippen LogP) is 8.60. The first-order valence-electron chi connectivity index (χ1n) is 12.2. The molecule has 0 radical (unpaired) electrons. The highest BCUT2D eigenvalue weighted by Gasteiger charge is 2.38. The molecule has 1 aromatic heterocycles. The Kier molecular flexibility index (Phi) is 4.81. The molecule has 0 aliphatic carbocycles. The number of fused-ring (bicyclic) bond motifs is 4. The second kappa shape index (κ2) is 7.91. The van der Waals surface area contributed by atoms with Gasteiger partial charge in [-0.1, -0.05) is 58.7 Å². The minimum atomic E-state index is -1.19. The van der Waals surface area contributed by atoms with Gasteiger partial charge in [-0.25, -0.2) is 0 Å². The van der Waals surface area contributed by atoms with Crippen LogP contribution >= 0.6 is 20.1 Å². The number of benzene rings is 4. The minimum Gasteiger partial charge on any atom is -0.388 e. The van der Waals surface area contributed by atoms with E-state index >= 15 is 0 Å². The lowest BCUT2D eigenvalue weighted by atomic mass is 10.2. The smallest absolute Gasteiger partial charge is 0.328 e. The Labute approximate surface area is 220 Å². The van der Waals surface area contributed by atoms with E-state index in [0.29, 0.717) is 12.0 Å². The SMILES string of the molecule is CS1(C)c2ccccc2N(c2nnc(N3c4ccccc4S(C)(C)c4ccccc43)o2)c2ccccc21. The maximum Gasteiger partial charge on any atom is 0.328 e. The molecule has 4 aromatic carbocycles. The Morgan fingerprint density at radius 1 is 0.459 bits per heavy atom. The summed E-state index contributed by atoms with van der Waals surface area (Å²) >= 11 is 0. The zero-order chi connectivity index (χ0) is 25.4. The fourth-order valence-electron chi connectivity index (χ4n) is 5.59. The zero-order valence-corrected chi connectivity index (χ0v) is 22.9. The molecule has 0 bridgehead atoms. The third kappa shape index (κ3) is 3.14. The second-order valence-corrected chi connectivity index (χ2v) is 17.1.